The van der Waals surface area contributed by atoms with Gasteiger partial charge in [-0.1, -0.05) is 11.6 Å². The molecule has 1 aromatic heterocycles. The van der Waals surface area contributed by atoms with Crippen LogP contribution in [-0.4, -0.2) is 52.5 Å². The number of carboxylic acids is 1. The lowest BCUT2D eigenvalue weighted by atomic mass is 10.1. The van der Waals surface area contributed by atoms with Gasteiger partial charge >= 0.3 is 23.7 Å². The monoisotopic (exact) mass is 479 g/mol. The molecule has 0 atom stereocenters. The summed E-state index contributed by atoms with van der Waals surface area (Å²) in [5.41, 5.74) is -0.759. The summed E-state index contributed by atoms with van der Waals surface area (Å²) in [5, 5.41) is 22.1. The van der Waals surface area contributed by atoms with E-state index in [0.29, 0.717) is 0 Å². The van der Waals surface area contributed by atoms with E-state index < -0.39 is 46.8 Å². The molecule has 1 aliphatic heterocycles. The number of nitrogens with zero attached hydrogens (tertiary/aromatic N) is 2. The van der Waals surface area contributed by atoms with Gasteiger partial charge in [-0.25, -0.2) is 14.4 Å². The Bertz CT molecular complexity index is 1200. The fourth-order valence-electron chi connectivity index (χ4n) is 2.81. The maximum Gasteiger partial charge on any atom is 0.373 e. The fourth-order valence-corrected chi connectivity index (χ4v) is 3.08. The highest BCUT2D eigenvalue weighted by Gasteiger charge is 2.34. The highest BCUT2D eigenvalue weighted by Crippen LogP contribution is 2.37. The number of aliphatic carboxylic acids is 1. The van der Waals surface area contributed by atoms with Crippen LogP contribution in [0.15, 0.2) is 34.4 Å². The SMILES string of the molecule is COC(=O)c1ccc(CN2C(=O)NC(=Cc3cc(Cl)c(OCC(=O)O)c([N+](=O)[O-])c3)C2=O)o1. The van der Waals surface area contributed by atoms with Crippen LogP contribution in [0, 0.1) is 10.1 Å². The van der Waals surface area contributed by atoms with Crippen molar-refractivity contribution in [3.05, 3.63) is 62.2 Å². The van der Waals surface area contributed by atoms with Gasteiger partial charge in [-0.2, -0.15) is 0 Å². The first-order valence-electron chi connectivity index (χ1n) is 8.94. The van der Waals surface area contributed by atoms with Crippen LogP contribution < -0.4 is 10.1 Å². The summed E-state index contributed by atoms with van der Waals surface area (Å²) in [5.74, 6) is -3.27. The summed E-state index contributed by atoms with van der Waals surface area (Å²) < 4.78 is 14.6. The van der Waals surface area contributed by atoms with Crippen molar-refractivity contribution in [2.24, 2.45) is 0 Å². The zero-order chi connectivity index (χ0) is 24.3. The Morgan fingerprint density at radius 2 is 2.06 bits per heavy atom. The largest absolute Gasteiger partial charge is 0.479 e. The molecule has 3 amide bonds. The summed E-state index contributed by atoms with van der Waals surface area (Å²) >= 11 is 6.00. The van der Waals surface area contributed by atoms with Gasteiger partial charge in [0.15, 0.2) is 6.61 Å². The minimum atomic E-state index is -1.36. The Hall–Kier alpha value is -4.39. The molecule has 2 N–H and O–H groups in total. The number of hydrogen-bond acceptors (Lipinski definition) is 9. The van der Waals surface area contributed by atoms with Crippen molar-refractivity contribution in [2.75, 3.05) is 13.7 Å². The van der Waals surface area contributed by atoms with Crippen molar-refractivity contribution in [1.82, 2.24) is 10.2 Å². The minimum Gasteiger partial charge on any atom is -0.479 e. The maximum atomic E-state index is 12.7. The van der Waals surface area contributed by atoms with Crippen LogP contribution in [0.25, 0.3) is 6.08 Å². The number of halogens is 1. The second kappa shape index (κ2) is 9.40. The number of carbonyl (C=O) groups excluding carboxylic acids is 3. The molecule has 14 heteroatoms. The molecule has 2 heterocycles. The average molecular weight is 480 g/mol. The highest BCUT2D eigenvalue weighted by molar-refractivity contribution is 6.32. The van der Waals surface area contributed by atoms with Gasteiger partial charge in [0.05, 0.1) is 23.6 Å². The van der Waals surface area contributed by atoms with E-state index in [0.717, 1.165) is 17.0 Å². The second-order valence-electron chi connectivity index (χ2n) is 6.43. The van der Waals surface area contributed by atoms with Gasteiger partial charge in [0.2, 0.25) is 11.5 Å². The van der Waals surface area contributed by atoms with E-state index in [1.807, 2.05) is 0 Å². The van der Waals surface area contributed by atoms with E-state index >= 15 is 0 Å². The van der Waals surface area contributed by atoms with Gasteiger partial charge < -0.3 is 24.3 Å². The number of nitro groups is 1. The number of benzene rings is 1. The van der Waals surface area contributed by atoms with Crippen molar-refractivity contribution in [3.63, 3.8) is 0 Å². The Morgan fingerprint density at radius 3 is 2.70 bits per heavy atom. The molecule has 172 valence electrons. The van der Waals surface area contributed by atoms with Crippen molar-refractivity contribution in [1.29, 1.82) is 0 Å². The quantitative estimate of drug-likeness (QED) is 0.187. The minimum absolute atomic E-state index is 0.0749. The number of methoxy groups -OCH3 is 1. The molecule has 0 unspecified atom stereocenters. The van der Waals surface area contributed by atoms with E-state index in [9.17, 15) is 29.3 Å². The van der Waals surface area contributed by atoms with E-state index in [-0.39, 0.29) is 34.3 Å². The number of furan rings is 1. The summed E-state index contributed by atoms with van der Waals surface area (Å²) in [6, 6.07) is 4.15. The van der Waals surface area contributed by atoms with Gasteiger partial charge in [0.1, 0.15) is 11.5 Å². The number of ether oxygens (including phenoxy) is 2. The predicted molar refractivity (Wildman–Crippen MR) is 108 cm³/mol. The molecule has 0 radical (unpaired) electrons. The number of imide groups is 1. The van der Waals surface area contributed by atoms with Crippen LogP contribution in [0.4, 0.5) is 10.5 Å². The van der Waals surface area contributed by atoms with Gasteiger partial charge in [0.25, 0.3) is 5.91 Å². The van der Waals surface area contributed by atoms with Crippen LogP contribution in [0.2, 0.25) is 5.02 Å². The molecule has 1 aromatic carbocycles. The second-order valence-corrected chi connectivity index (χ2v) is 6.83. The summed E-state index contributed by atoms with van der Waals surface area (Å²) in [6.07, 6.45) is 1.15. The molecule has 0 bridgehead atoms. The maximum absolute atomic E-state index is 12.7. The molecule has 3 rings (SSSR count). The normalized spacial score (nSPS) is 14.4. The topological polar surface area (TPSA) is 179 Å². The van der Waals surface area contributed by atoms with E-state index in [1.165, 1.54) is 25.3 Å². The third-order valence-electron chi connectivity index (χ3n) is 4.22. The van der Waals surface area contributed by atoms with Gasteiger partial charge in [0, 0.05) is 6.07 Å². The van der Waals surface area contributed by atoms with Crippen LogP contribution in [0.1, 0.15) is 21.9 Å². The van der Waals surface area contributed by atoms with Crippen molar-refractivity contribution < 1.29 is 43.1 Å². The summed E-state index contributed by atoms with van der Waals surface area (Å²) in [6.45, 7) is -1.14. The molecule has 13 nitrogen and oxygen atoms in total. The van der Waals surface area contributed by atoms with Crippen LogP contribution >= 0.6 is 11.6 Å². The number of nitrogens with one attached hydrogen (secondary N) is 1. The lowest BCUT2D eigenvalue weighted by Gasteiger charge is -2.09. The molecule has 0 saturated carbocycles. The van der Waals surface area contributed by atoms with E-state index in [4.69, 9.17) is 25.9 Å². The zero-order valence-corrected chi connectivity index (χ0v) is 17.5. The van der Waals surface area contributed by atoms with Crippen LogP contribution in [0.5, 0.6) is 5.75 Å². The summed E-state index contributed by atoms with van der Waals surface area (Å²) in [4.78, 5) is 58.4. The smallest absolute Gasteiger partial charge is 0.373 e. The zero-order valence-electron chi connectivity index (χ0n) is 16.7. The molecule has 33 heavy (non-hydrogen) atoms. The van der Waals surface area contributed by atoms with Crippen molar-refractivity contribution in [3.8, 4) is 5.75 Å². The third-order valence-corrected chi connectivity index (χ3v) is 4.50. The van der Waals surface area contributed by atoms with E-state index in [2.05, 4.69) is 10.1 Å². The molecule has 0 spiro atoms. The van der Waals surface area contributed by atoms with Crippen molar-refractivity contribution in [2.45, 2.75) is 6.54 Å². The van der Waals surface area contributed by atoms with E-state index in [1.54, 1.807) is 0 Å². The number of nitro benzene ring substituents is 1. The average Bonchev–Trinajstić information content (AvgIpc) is 3.32. The molecule has 0 aliphatic carbocycles. The molecule has 1 saturated heterocycles. The molecule has 2 aromatic rings. The lowest BCUT2D eigenvalue weighted by molar-refractivity contribution is -0.385. The van der Waals surface area contributed by atoms with Crippen LogP contribution in [-0.2, 0) is 20.9 Å². The Balaban J connectivity index is 1.85. The number of rotatable bonds is 8. The predicted octanol–water partition coefficient (Wildman–Crippen LogP) is 2.18. The number of amides is 3. The first-order chi connectivity index (χ1) is 15.6. The summed E-state index contributed by atoms with van der Waals surface area (Å²) in [7, 11) is 1.17. The van der Waals surface area contributed by atoms with Gasteiger partial charge in [-0.3, -0.25) is 19.8 Å². The Morgan fingerprint density at radius 1 is 1.33 bits per heavy atom. The molecule has 1 fully saturated rings. The number of carbonyl (C=O) groups is 4. The number of carboxylic acid groups (broad SMARTS) is 1. The van der Waals surface area contributed by atoms with Crippen molar-refractivity contribution >= 4 is 47.2 Å². The van der Waals surface area contributed by atoms with Gasteiger partial charge in [-0.15, -0.1) is 0 Å². The first kappa shape index (κ1) is 23.3. The fraction of sp³-hybridized carbons (Fsp3) is 0.158. The Labute approximate surface area is 189 Å². The number of esters is 1. The lowest BCUT2D eigenvalue weighted by Crippen LogP contribution is -2.30. The molecule has 1 aliphatic rings. The number of urea groups is 1. The highest BCUT2D eigenvalue weighted by atomic mass is 35.5. The molecular weight excluding hydrogens is 466 g/mol. The molecular formula is C19H14ClN3O10. The standard InChI is InChI=1S/C19H14ClN3O10/c1-31-18(27)14-3-2-10(33-14)7-22-17(26)12(21-19(22)28)5-9-4-11(20)16(32-8-15(24)25)13(6-9)23(29)30/h2-6H,7-8H2,1H3,(H,21,28)(H,24,25). The third kappa shape index (κ3) is 5.10. The van der Waals surface area contributed by atoms with Crippen LogP contribution in [0.3, 0.4) is 0 Å². The first-order valence-corrected chi connectivity index (χ1v) is 9.32. The van der Waals surface area contributed by atoms with Gasteiger partial charge in [-0.05, 0) is 29.8 Å². The Kier molecular flexibility index (Phi) is 6.63. The number of hydrogen-bond donors (Lipinski definition) is 2.